The van der Waals surface area contributed by atoms with E-state index in [1.54, 1.807) is 0 Å². The van der Waals surface area contributed by atoms with Crippen LogP contribution in [-0.4, -0.2) is 21.6 Å². The van der Waals surface area contributed by atoms with Gasteiger partial charge in [-0.2, -0.15) is 11.8 Å². The fraction of sp³-hybridized carbons (Fsp3) is 0.667. The number of hydrogen-bond donors (Lipinski definition) is 1. The molecule has 84 valence electrons. The molecular formula is C12H20N2S. The topological polar surface area (TPSA) is 17.0 Å². The molecule has 1 unspecified atom stereocenters. The third-order valence-electron chi connectivity index (χ3n) is 3.02. The van der Waals surface area contributed by atoms with E-state index in [2.05, 4.69) is 54.1 Å². The first-order valence-electron chi connectivity index (χ1n) is 5.63. The van der Waals surface area contributed by atoms with Crippen LogP contribution in [0.1, 0.15) is 25.3 Å². The van der Waals surface area contributed by atoms with Crippen LogP contribution in [-0.2, 0) is 13.6 Å². The summed E-state index contributed by atoms with van der Waals surface area (Å²) in [7, 11) is 2.07. The molecule has 0 aromatic carbocycles. The average Bonchev–Trinajstić information content (AvgIpc) is 2.76. The first-order chi connectivity index (χ1) is 7.18. The summed E-state index contributed by atoms with van der Waals surface area (Å²) in [6.45, 7) is 4.51. The maximum Gasteiger partial charge on any atom is 0.0256 e. The van der Waals surface area contributed by atoms with Gasteiger partial charge in [0, 0.05) is 37.3 Å². The second kappa shape index (κ2) is 4.62. The van der Waals surface area contributed by atoms with Crippen LogP contribution in [0.2, 0.25) is 0 Å². The molecule has 1 saturated heterocycles. The molecule has 1 fully saturated rings. The summed E-state index contributed by atoms with van der Waals surface area (Å²) in [5.74, 6) is 1.34. The van der Waals surface area contributed by atoms with Crippen LogP contribution in [0.5, 0.6) is 0 Å². The van der Waals surface area contributed by atoms with E-state index in [9.17, 15) is 0 Å². The second-order valence-electron chi connectivity index (χ2n) is 4.69. The Morgan fingerprint density at radius 1 is 1.60 bits per heavy atom. The lowest BCUT2D eigenvalue weighted by atomic mass is 10.1. The van der Waals surface area contributed by atoms with E-state index in [4.69, 9.17) is 0 Å². The fourth-order valence-corrected chi connectivity index (χ4v) is 3.39. The Morgan fingerprint density at radius 2 is 2.47 bits per heavy atom. The third kappa shape index (κ3) is 3.02. The predicted molar refractivity (Wildman–Crippen MR) is 67.2 cm³/mol. The van der Waals surface area contributed by atoms with Gasteiger partial charge in [0.1, 0.15) is 0 Å². The highest BCUT2D eigenvalue weighted by Crippen LogP contribution is 2.36. The van der Waals surface area contributed by atoms with Gasteiger partial charge in [0.15, 0.2) is 0 Å². The van der Waals surface area contributed by atoms with Crippen molar-refractivity contribution in [2.45, 2.75) is 31.1 Å². The number of aryl methyl sites for hydroxylation is 1. The van der Waals surface area contributed by atoms with Crippen molar-refractivity contribution < 1.29 is 0 Å². The standard InChI is InChI=1S/C12H20N2S/c1-12(5-3-7-15-12)10-13-8-11-4-6-14(2)9-11/h4,6,9,13H,3,5,7-8,10H2,1-2H3. The molecule has 0 bridgehead atoms. The van der Waals surface area contributed by atoms with Gasteiger partial charge in [0.25, 0.3) is 0 Å². The molecule has 15 heavy (non-hydrogen) atoms. The van der Waals surface area contributed by atoms with Gasteiger partial charge in [0.05, 0.1) is 0 Å². The zero-order valence-corrected chi connectivity index (χ0v) is 10.4. The van der Waals surface area contributed by atoms with Gasteiger partial charge in [-0.05, 0) is 37.1 Å². The number of aromatic nitrogens is 1. The van der Waals surface area contributed by atoms with Crippen molar-refractivity contribution in [2.75, 3.05) is 12.3 Å². The molecule has 3 heteroatoms. The molecule has 0 spiro atoms. The number of thioether (sulfide) groups is 1. The minimum atomic E-state index is 0.481. The van der Waals surface area contributed by atoms with Crippen molar-refractivity contribution in [3.05, 3.63) is 24.0 Å². The van der Waals surface area contributed by atoms with Crippen LogP contribution in [0.3, 0.4) is 0 Å². The molecule has 0 amide bonds. The fourth-order valence-electron chi connectivity index (χ4n) is 2.11. The van der Waals surface area contributed by atoms with E-state index in [-0.39, 0.29) is 0 Å². The molecular weight excluding hydrogens is 204 g/mol. The van der Waals surface area contributed by atoms with Crippen LogP contribution in [0.25, 0.3) is 0 Å². The zero-order chi connectivity index (χ0) is 10.7. The normalized spacial score (nSPS) is 26.0. The van der Waals surface area contributed by atoms with Gasteiger partial charge in [-0.15, -0.1) is 0 Å². The summed E-state index contributed by atoms with van der Waals surface area (Å²) in [6, 6.07) is 2.18. The van der Waals surface area contributed by atoms with Crippen LogP contribution in [0.15, 0.2) is 18.5 Å². The summed E-state index contributed by atoms with van der Waals surface area (Å²) >= 11 is 2.12. The van der Waals surface area contributed by atoms with Crippen molar-refractivity contribution >= 4 is 11.8 Å². The molecule has 2 nitrogen and oxygen atoms in total. The van der Waals surface area contributed by atoms with Gasteiger partial charge in [-0.1, -0.05) is 0 Å². The lowest BCUT2D eigenvalue weighted by molar-refractivity contribution is 0.537. The zero-order valence-electron chi connectivity index (χ0n) is 9.62. The number of rotatable bonds is 4. The molecule has 1 N–H and O–H groups in total. The van der Waals surface area contributed by atoms with Crippen LogP contribution in [0.4, 0.5) is 0 Å². The van der Waals surface area contributed by atoms with Crippen LogP contribution in [0, 0.1) is 0 Å². The van der Waals surface area contributed by atoms with Gasteiger partial charge in [-0.25, -0.2) is 0 Å². The molecule has 1 aromatic heterocycles. The van der Waals surface area contributed by atoms with E-state index in [1.807, 2.05) is 0 Å². The highest BCUT2D eigenvalue weighted by atomic mass is 32.2. The summed E-state index contributed by atoms with van der Waals surface area (Å²) in [6.07, 6.45) is 7.02. The average molecular weight is 224 g/mol. The lowest BCUT2D eigenvalue weighted by Crippen LogP contribution is -2.32. The Bertz CT molecular complexity index is 313. The molecule has 2 rings (SSSR count). The van der Waals surface area contributed by atoms with Crippen molar-refractivity contribution in [2.24, 2.45) is 7.05 Å². The minimum absolute atomic E-state index is 0.481. The van der Waals surface area contributed by atoms with Gasteiger partial charge in [-0.3, -0.25) is 0 Å². The van der Waals surface area contributed by atoms with E-state index < -0.39 is 0 Å². The maximum absolute atomic E-state index is 3.56. The van der Waals surface area contributed by atoms with Gasteiger partial charge < -0.3 is 9.88 Å². The number of hydrogen-bond acceptors (Lipinski definition) is 2. The molecule has 0 radical (unpaired) electrons. The molecule has 1 aliphatic heterocycles. The van der Waals surface area contributed by atoms with Crippen LogP contribution >= 0.6 is 11.8 Å². The summed E-state index contributed by atoms with van der Waals surface area (Å²) in [4.78, 5) is 0. The Labute approximate surface area is 96.4 Å². The van der Waals surface area contributed by atoms with E-state index >= 15 is 0 Å². The highest BCUT2D eigenvalue weighted by Gasteiger charge is 2.28. The smallest absolute Gasteiger partial charge is 0.0256 e. The van der Waals surface area contributed by atoms with Crippen molar-refractivity contribution in [1.82, 2.24) is 9.88 Å². The van der Waals surface area contributed by atoms with Crippen molar-refractivity contribution in [3.63, 3.8) is 0 Å². The lowest BCUT2D eigenvalue weighted by Gasteiger charge is -2.22. The number of nitrogens with one attached hydrogen (secondary N) is 1. The quantitative estimate of drug-likeness (QED) is 0.846. The Kier molecular flexibility index (Phi) is 3.42. The molecule has 2 heterocycles. The Morgan fingerprint density at radius 3 is 3.07 bits per heavy atom. The van der Waals surface area contributed by atoms with E-state index in [0.717, 1.165) is 13.1 Å². The predicted octanol–water partition coefficient (Wildman–Crippen LogP) is 2.40. The van der Waals surface area contributed by atoms with Crippen molar-refractivity contribution in [1.29, 1.82) is 0 Å². The number of nitrogens with zero attached hydrogens (tertiary/aromatic N) is 1. The third-order valence-corrected chi connectivity index (χ3v) is 4.56. The van der Waals surface area contributed by atoms with Gasteiger partial charge in [0.2, 0.25) is 0 Å². The van der Waals surface area contributed by atoms with Crippen molar-refractivity contribution in [3.8, 4) is 0 Å². The van der Waals surface area contributed by atoms with E-state index in [0.29, 0.717) is 4.75 Å². The second-order valence-corrected chi connectivity index (χ2v) is 6.37. The largest absolute Gasteiger partial charge is 0.357 e. The molecule has 1 aliphatic rings. The molecule has 0 saturated carbocycles. The summed E-state index contributed by atoms with van der Waals surface area (Å²) < 4.78 is 2.58. The summed E-state index contributed by atoms with van der Waals surface area (Å²) in [5, 5.41) is 3.56. The Balaban J connectivity index is 1.75. The summed E-state index contributed by atoms with van der Waals surface area (Å²) in [5.41, 5.74) is 1.38. The van der Waals surface area contributed by atoms with Crippen LogP contribution < -0.4 is 5.32 Å². The minimum Gasteiger partial charge on any atom is -0.357 e. The first kappa shape index (κ1) is 11.1. The Hall–Kier alpha value is -0.410. The van der Waals surface area contributed by atoms with E-state index in [1.165, 1.54) is 24.2 Å². The molecule has 1 atom stereocenters. The molecule has 1 aromatic rings. The monoisotopic (exact) mass is 224 g/mol. The highest BCUT2D eigenvalue weighted by molar-refractivity contribution is 8.00. The first-order valence-corrected chi connectivity index (χ1v) is 6.62. The van der Waals surface area contributed by atoms with Gasteiger partial charge >= 0.3 is 0 Å². The molecule has 0 aliphatic carbocycles. The maximum atomic E-state index is 3.56. The SMILES string of the molecule is Cn1ccc(CNCC2(C)CCCS2)c1.